The number of carbonyl (C=O) groups is 1. The van der Waals surface area contributed by atoms with Crippen LogP contribution >= 0.6 is 0 Å². The summed E-state index contributed by atoms with van der Waals surface area (Å²) < 4.78 is 10.2. The summed E-state index contributed by atoms with van der Waals surface area (Å²) in [5, 5.41) is 15.0. The van der Waals surface area contributed by atoms with Crippen LogP contribution in [0.15, 0.2) is 41.5 Å². The lowest BCUT2D eigenvalue weighted by molar-refractivity contribution is -0.385. The van der Waals surface area contributed by atoms with Gasteiger partial charge in [0.05, 0.1) is 43.4 Å². The Labute approximate surface area is 150 Å². The first-order chi connectivity index (χ1) is 12.4. The van der Waals surface area contributed by atoms with E-state index in [9.17, 15) is 14.9 Å². The van der Waals surface area contributed by atoms with Gasteiger partial charge in [-0.05, 0) is 18.6 Å². The highest BCUT2D eigenvalue weighted by atomic mass is 16.6. The van der Waals surface area contributed by atoms with Crippen LogP contribution in [0.5, 0.6) is 11.5 Å². The number of nitrogens with zero attached hydrogens (tertiary/aromatic N) is 2. The molecule has 26 heavy (non-hydrogen) atoms. The Balaban J connectivity index is 2.12. The van der Waals surface area contributed by atoms with E-state index in [2.05, 4.69) is 10.5 Å². The van der Waals surface area contributed by atoms with Crippen molar-refractivity contribution in [1.29, 1.82) is 0 Å². The van der Waals surface area contributed by atoms with Gasteiger partial charge in [-0.1, -0.05) is 29.8 Å². The lowest BCUT2D eigenvalue weighted by atomic mass is 10.1. The first-order valence-electron chi connectivity index (χ1n) is 7.72. The van der Waals surface area contributed by atoms with Crippen LogP contribution in [0.1, 0.15) is 16.7 Å². The van der Waals surface area contributed by atoms with Crippen LogP contribution in [0.2, 0.25) is 0 Å². The average Bonchev–Trinajstić information content (AvgIpc) is 2.62. The van der Waals surface area contributed by atoms with Gasteiger partial charge in [0.2, 0.25) is 5.91 Å². The molecule has 0 spiro atoms. The Morgan fingerprint density at radius 3 is 2.38 bits per heavy atom. The molecule has 0 fully saturated rings. The number of amides is 1. The van der Waals surface area contributed by atoms with E-state index < -0.39 is 4.92 Å². The molecule has 2 aromatic carbocycles. The summed E-state index contributed by atoms with van der Waals surface area (Å²) >= 11 is 0. The fourth-order valence-corrected chi connectivity index (χ4v) is 2.25. The van der Waals surface area contributed by atoms with Gasteiger partial charge in [-0.15, -0.1) is 0 Å². The highest BCUT2D eigenvalue weighted by Crippen LogP contribution is 2.33. The van der Waals surface area contributed by atoms with Crippen molar-refractivity contribution in [2.45, 2.75) is 13.3 Å². The molecule has 2 rings (SSSR count). The van der Waals surface area contributed by atoms with E-state index in [1.807, 2.05) is 31.2 Å². The normalized spacial score (nSPS) is 10.6. The topological polar surface area (TPSA) is 103 Å². The maximum atomic E-state index is 11.9. The summed E-state index contributed by atoms with van der Waals surface area (Å²) in [7, 11) is 2.81. The monoisotopic (exact) mass is 357 g/mol. The van der Waals surface area contributed by atoms with E-state index in [0.29, 0.717) is 5.75 Å². The number of benzene rings is 2. The van der Waals surface area contributed by atoms with E-state index >= 15 is 0 Å². The second-order valence-corrected chi connectivity index (χ2v) is 5.48. The van der Waals surface area contributed by atoms with Crippen molar-refractivity contribution in [2.24, 2.45) is 5.10 Å². The van der Waals surface area contributed by atoms with Crippen LogP contribution in [0.3, 0.4) is 0 Å². The van der Waals surface area contributed by atoms with Crippen molar-refractivity contribution in [3.63, 3.8) is 0 Å². The third-order valence-corrected chi connectivity index (χ3v) is 3.61. The Bertz CT molecular complexity index is 831. The minimum absolute atomic E-state index is 0.158. The molecule has 0 saturated heterocycles. The summed E-state index contributed by atoms with van der Waals surface area (Å²) in [5.41, 5.74) is 4.29. The molecular formula is C18H19N3O5. The first-order valence-corrected chi connectivity index (χ1v) is 7.72. The van der Waals surface area contributed by atoms with Crippen LogP contribution in [0, 0.1) is 17.0 Å². The van der Waals surface area contributed by atoms with E-state index in [1.165, 1.54) is 32.6 Å². The van der Waals surface area contributed by atoms with Gasteiger partial charge in [0, 0.05) is 0 Å². The minimum Gasteiger partial charge on any atom is -0.493 e. The van der Waals surface area contributed by atoms with Crippen LogP contribution in [0.4, 0.5) is 5.69 Å². The van der Waals surface area contributed by atoms with Crippen molar-refractivity contribution in [3.8, 4) is 11.5 Å². The molecule has 0 unspecified atom stereocenters. The molecule has 0 aliphatic carbocycles. The van der Waals surface area contributed by atoms with E-state index in [-0.39, 0.29) is 29.3 Å². The molecule has 0 saturated carbocycles. The standard InChI is InChI=1S/C18H19N3O5/c1-12-4-6-13(7-5-12)8-18(22)20-19-11-14-9-16(25-2)17(26-3)10-15(14)21(23)24/h4-7,9-11H,8H2,1-3H3,(H,20,22)/b19-11-. The molecule has 8 nitrogen and oxygen atoms in total. The van der Waals surface area contributed by atoms with Crippen LogP contribution in [0.25, 0.3) is 0 Å². The fraction of sp³-hybridized carbons (Fsp3) is 0.222. The van der Waals surface area contributed by atoms with Crippen molar-refractivity contribution in [2.75, 3.05) is 14.2 Å². The molecule has 0 radical (unpaired) electrons. The lowest BCUT2D eigenvalue weighted by Crippen LogP contribution is -2.19. The van der Waals surface area contributed by atoms with E-state index in [0.717, 1.165) is 11.1 Å². The van der Waals surface area contributed by atoms with E-state index in [1.54, 1.807) is 0 Å². The SMILES string of the molecule is COc1cc(/C=N\NC(=O)Cc2ccc(C)cc2)c([N+](=O)[O-])cc1OC. The maximum absolute atomic E-state index is 11.9. The highest BCUT2D eigenvalue weighted by molar-refractivity contribution is 5.88. The Morgan fingerprint density at radius 2 is 1.81 bits per heavy atom. The molecule has 0 aromatic heterocycles. The Morgan fingerprint density at radius 1 is 1.19 bits per heavy atom. The Kier molecular flexibility index (Phi) is 6.26. The molecule has 0 bridgehead atoms. The predicted octanol–water partition coefficient (Wildman–Crippen LogP) is 2.61. The number of carbonyl (C=O) groups excluding carboxylic acids is 1. The van der Waals surface area contributed by atoms with Crippen LogP contribution < -0.4 is 14.9 Å². The fourth-order valence-electron chi connectivity index (χ4n) is 2.25. The zero-order valence-corrected chi connectivity index (χ0v) is 14.7. The number of hydrogen-bond donors (Lipinski definition) is 1. The number of nitro benzene ring substituents is 1. The number of hydrogen-bond acceptors (Lipinski definition) is 6. The average molecular weight is 357 g/mol. The van der Waals surface area contributed by atoms with Gasteiger partial charge in [0.15, 0.2) is 11.5 Å². The smallest absolute Gasteiger partial charge is 0.282 e. The first kappa shape index (κ1) is 18.9. The molecule has 8 heteroatoms. The molecule has 1 N–H and O–H groups in total. The molecule has 1 amide bonds. The van der Waals surface area contributed by atoms with Crippen molar-refractivity contribution < 1.29 is 19.2 Å². The van der Waals surface area contributed by atoms with Gasteiger partial charge in [0.1, 0.15) is 0 Å². The number of rotatable bonds is 7. The van der Waals surface area contributed by atoms with Crippen LogP contribution in [-0.2, 0) is 11.2 Å². The molecule has 0 heterocycles. The number of nitro groups is 1. The van der Waals surface area contributed by atoms with Gasteiger partial charge in [-0.25, -0.2) is 5.43 Å². The number of hydrazone groups is 1. The van der Waals surface area contributed by atoms with Gasteiger partial charge in [-0.3, -0.25) is 14.9 Å². The molecule has 0 atom stereocenters. The summed E-state index contributed by atoms with van der Waals surface area (Å²) in [6.07, 6.45) is 1.36. The third kappa shape index (κ3) is 4.79. The number of methoxy groups -OCH3 is 2. The van der Waals surface area contributed by atoms with Gasteiger partial charge >= 0.3 is 0 Å². The minimum atomic E-state index is -0.558. The third-order valence-electron chi connectivity index (χ3n) is 3.61. The predicted molar refractivity (Wildman–Crippen MR) is 96.8 cm³/mol. The zero-order valence-electron chi connectivity index (χ0n) is 14.7. The largest absolute Gasteiger partial charge is 0.493 e. The second-order valence-electron chi connectivity index (χ2n) is 5.48. The molecule has 136 valence electrons. The molecule has 2 aromatic rings. The molecular weight excluding hydrogens is 338 g/mol. The van der Waals surface area contributed by atoms with Gasteiger partial charge in [-0.2, -0.15) is 5.10 Å². The van der Waals surface area contributed by atoms with Crippen molar-refractivity contribution in [3.05, 3.63) is 63.2 Å². The molecule has 0 aliphatic heterocycles. The van der Waals surface area contributed by atoms with Crippen molar-refractivity contribution in [1.82, 2.24) is 5.43 Å². The molecule has 0 aliphatic rings. The number of aryl methyl sites for hydroxylation is 1. The van der Waals surface area contributed by atoms with Gasteiger partial charge in [0.25, 0.3) is 5.69 Å². The second kappa shape index (κ2) is 8.61. The summed E-state index contributed by atoms with van der Waals surface area (Å²) in [6.45, 7) is 1.96. The van der Waals surface area contributed by atoms with Crippen molar-refractivity contribution >= 4 is 17.8 Å². The Hall–Kier alpha value is -3.42. The maximum Gasteiger partial charge on any atom is 0.282 e. The quantitative estimate of drug-likeness (QED) is 0.466. The summed E-state index contributed by atoms with van der Waals surface area (Å²) in [4.78, 5) is 22.6. The number of ether oxygens (including phenoxy) is 2. The van der Waals surface area contributed by atoms with Gasteiger partial charge < -0.3 is 9.47 Å². The lowest BCUT2D eigenvalue weighted by Gasteiger charge is -2.08. The zero-order chi connectivity index (χ0) is 19.1. The summed E-state index contributed by atoms with van der Waals surface area (Å²) in [6, 6.07) is 10.2. The summed E-state index contributed by atoms with van der Waals surface area (Å²) in [5.74, 6) is 0.235. The highest BCUT2D eigenvalue weighted by Gasteiger charge is 2.18. The van der Waals surface area contributed by atoms with Crippen LogP contribution in [-0.4, -0.2) is 31.3 Å². The number of nitrogens with one attached hydrogen (secondary N) is 1. The van der Waals surface area contributed by atoms with E-state index in [4.69, 9.17) is 9.47 Å².